The van der Waals surface area contributed by atoms with Crippen LogP contribution in [0.5, 0.6) is 5.75 Å². The van der Waals surface area contributed by atoms with Crippen LogP contribution in [-0.4, -0.2) is 23.6 Å². The van der Waals surface area contributed by atoms with E-state index in [0.717, 1.165) is 10.9 Å². The Bertz CT molecular complexity index is 540. The molecule has 0 unspecified atom stereocenters. The van der Waals surface area contributed by atoms with E-state index in [9.17, 15) is 4.79 Å². The number of halogens is 1. The molecule has 0 bridgehead atoms. The molecule has 0 aliphatic heterocycles. The molecule has 2 rings (SSSR count). The number of rotatable bonds is 5. The molecule has 102 valence electrons. The summed E-state index contributed by atoms with van der Waals surface area (Å²) in [5, 5.41) is 0.969. The van der Waals surface area contributed by atoms with E-state index in [2.05, 4.69) is 4.98 Å². The van der Waals surface area contributed by atoms with E-state index in [1.54, 1.807) is 31.4 Å². The third-order valence-electron chi connectivity index (χ3n) is 2.58. The Labute approximate surface area is 126 Å². The van der Waals surface area contributed by atoms with Crippen molar-refractivity contribution in [2.75, 3.05) is 12.9 Å². The molecule has 19 heavy (non-hydrogen) atoms. The van der Waals surface area contributed by atoms with Crippen molar-refractivity contribution in [3.63, 3.8) is 0 Å². The van der Waals surface area contributed by atoms with Gasteiger partial charge in [-0.3, -0.25) is 4.79 Å². The lowest BCUT2D eigenvalue weighted by Crippen LogP contribution is -3.00. The molecule has 0 saturated heterocycles. The van der Waals surface area contributed by atoms with Crippen molar-refractivity contribution in [3.8, 4) is 5.75 Å². The smallest absolute Gasteiger partial charge is 0.315 e. The van der Waals surface area contributed by atoms with Crippen molar-refractivity contribution >= 4 is 17.5 Å². The molecular weight excluding hydrogens is 328 g/mol. The number of benzene rings is 1. The van der Waals surface area contributed by atoms with Crippen LogP contribution >= 0.6 is 11.8 Å². The first-order valence-corrected chi connectivity index (χ1v) is 6.52. The maximum atomic E-state index is 12.0. The normalized spacial score (nSPS) is 9.79. The predicted molar refractivity (Wildman–Crippen MR) is 70.0 cm³/mol. The molecule has 0 saturated carbocycles. The van der Waals surface area contributed by atoms with E-state index in [4.69, 9.17) is 4.74 Å². The van der Waals surface area contributed by atoms with Crippen LogP contribution in [0, 0.1) is 0 Å². The molecule has 4 nitrogen and oxygen atoms in total. The predicted octanol–water partition coefficient (Wildman–Crippen LogP) is -1.17. The van der Waals surface area contributed by atoms with Gasteiger partial charge in [0.25, 0.3) is 0 Å². The minimum absolute atomic E-state index is 0. The molecule has 0 fully saturated rings. The SMILES string of the molecule is COc1ccc(C(=O)CSc2[nH]cc[n+]2C)cc1.[Br-]. The van der Waals surface area contributed by atoms with Gasteiger partial charge in [0.15, 0.2) is 5.78 Å². The summed E-state index contributed by atoms with van der Waals surface area (Å²) in [6.45, 7) is 0. The van der Waals surface area contributed by atoms with Crippen molar-refractivity contribution in [1.82, 2.24) is 4.98 Å². The number of ketones is 1. The van der Waals surface area contributed by atoms with Crippen LogP contribution in [0.2, 0.25) is 0 Å². The number of carbonyl (C=O) groups is 1. The topological polar surface area (TPSA) is 46.0 Å². The number of ether oxygens (including phenoxy) is 1. The van der Waals surface area contributed by atoms with Crippen molar-refractivity contribution in [1.29, 1.82) is 0 Å². The second-order valence-corrected chi connectivity index (χ2v) is 4.78. The number of Topliss-reactive ketones (excluding diaryl/α,β-unsaturated/α-hetero) is 1. The number of H-pyrrole nitrogens is 1. The highest BCUT2D eigenvalue weighted by molar-refractivity contribution is 7.99. The van der Waals surface area contributed by atoms with E-state index in [1.165, 1.54) is 11.8 Å². The molecule has 0 atom stereocenters. The number of imidazole rings is 1. The number of nitrogens with zero attached hydrogens (tertiary/aromatic N) is 1. The standard InChI is InChI=1S/C13H14N2O2S.BrH/c1-15-8-7-14-13(15)18-9-12(16)10-3-5-11(17-2)6-4-10;/h3-8H,9H2,1-2H3;1H. The van der Waals surface area contributed by atoms with Crippen molar-refractivity contribution in [2.45, 2.75) is 5.16 Å². The molecule has 2 aromatic rings. The fourth-order valence-corrected chi connectivity index (χ4v) is 2.38. The summed E-state index contributed by atoms with van der Waals surface area (Å²) in [4.78, 5) is 15.1. The van der Waals surface area contributed by atoms with Gasteiger partial charge in [0.1, 0.15) is 18.1 Å². The monoisotopic (exact) mass is 342 g/mol. The Balaban J connectivity index is 0.00000180. The highest BCUT2D eigenvalue weighted by Gasteiger charge is 2.12. The Morgan fingerprint density at radius 1 is 1.37 bits per heavy atom. The number of nitrogens with one attached hydrogen (secondary N) is 1. The van der Waals surface area contributed by atoms with Gasteiger partial charge in [0.05, 0.1) is 19.9 Å². The molecular formula is C13H15BrN2O2S. The van der Waals surface area contributed by atoms with Crippen molar-refractivity contribution in [2.24, 2.45) is 7.05 Å². The largest absolute Gasteiger partial charge is 1.00 e. The number of methoxy groups -OCH3 is 1. The van der Waals surface area contributed by atoms with E-state index in [1.807, 2.05) is 24.0 Å². The maximum Gasteiger partial charge on any atom is 0.315 e. The van der Waals surface area contributed by atoms with E-state index >= 15 is 0 Å². The van der Waals surface area contributed by atoms with Gasteiger partial charge >= 0.3 is 5.16 Å². The van der Waals surface area contributed by atoms with Crippen LogP contribution in [0.25, 0.3) is 0 Å². The number of aryl methyl sites for hydroxylation is 1. The van der Waals surface area contributed by atoms with Crippen LogP contribution in [-0.2, 0) is 7.05 Å². The highest BCUT2D eigenvalue weighted by atomic mass is 79.9. The molecule has 1 aromatic carbocycles. The molecule has 0 amide bonds. The molecule has 0 spiro atoms. The Hall–Kier alpha value is -1.27. The second kappa shape index (κ2) is 7.35. The molecule has 1 N–H and O–H groups in total. The molecule has 1 heterocycles. The van der Waals surface area contributed by atoms with E-state index < -0.39 is 0 Å². The molecule has 6 heteroatoms. The average molecular weight is 343 g/mol. The summed E-state index contributed by atoms with van der Waals surface area (Å²) < 4.78 is 7.01. The van der Waals surface area contributed by atoms with Crippen LogP contribution in [0.1, 0.15) is 10.4 Å². The average Bonchev–Trinajstić information content (AvgIpc) is 2.81. The van der Waals surface area contributed by atoms with Gasteiger partial charge in [-0.1, -0.05) is 0 Å². The van der Waals surface area contributed by atoms with Crippen molar-refractivity contribution < 1.29 is 31.1 Å². The second-order valence-electron chi connectivity index (χ2n) is 3.82. The van der Waals surface area contributed by atoms with Gasteiger partial charge in [-0.2, -0.15) is 0 Å². The Morgan fingerprint density at radius 2 is 2.05 bits per heavy atom. The number of hydrogen-bond acceptors (Lipinski definition) is 3. The summed E-state index contributed by atoms with van der Waals surface area (Å²) >= 11 is 1.49. The summed E-state index contributed by atoms with van der Waals surface area (Å²) in [5.74, 6) is 1.29. The zero-order chi connectivity index (χ0) is 13.0. The van der Waals surface area contributed by atoms with Gasteiger partial charge < -0.3 is 21.7 Å². The minimum Gasteiger partial charge on any atom is -1.00 e. The quantitative estimate of drug-likeness (QED) is 0.423. The number of carbonyl (C=O) groups excluding carboxylic acids is 1. The zero-order valence-electron chi connectivity index (χ0n) is 10.7. The molecule has 0 radical (unpaired) electrons. The van der Waals surface area contributed by atoms with E-state index in [-0.39, 0.29) is 22.8 Å². The van der Waals surface area contributed by atoms with Crippen LogP contribution in [0.3, 0.4) is 0 Å². The molecule has 0 aliphatic carbocycles. The van der Waals surface area contributed by atoms with Crippen LogP contribution < -0.4 is 26.3 Å². The first kappa shape index (κ1) is 15.8. The van der Waals surface area contributed by atoms with Crippen LogP contribution in [0.4, 0.5) is 0 Å². The van der Waals surface area contributed by atoms with Crippen LogP contribution in [0.15, 0.2) is 41.8 Å². The summed E-state index contributed by atoms with van der Waals surface area (Å²) in [7, 11) is 3.55. The first-order chi connectivity index (χ1) is 8.70. The number of aromatic nitrogens is 2. The first-order valence-electron chi connectivity index (χ1n) is 5.54. The van der Waals surface area contributed by atoms with Crippen molar-refractivity contribution in [3.05, 3.63) is 42.2 Å². The Morgan fingerprint density at radius 3 is 2.58 bits per heavy atom. The Kier molecular flexibility index (Phi) is 6.11. The number of hydrogen-bond donors (Lipinski definition) is 1. The third-order valence-corrected chi connectivity index (χ3v) is 3.66. The fourth-order valence-electron chi connectivity index (χ4n) is 1.53. The summed E-state index contributed by atoms with van der Waals surface area (Å²) in [6, 6.07) is 7.17. The lowest BCUT2D eigenvalue weighted by Gasteiger charge is -2.01. The van der Waals surface area contributed by atoms with Gasteiger partial charge in [-0.25, -0.2) is 9.55 Å². The number of aromatic amines is 1. The minimum atomic E-state index is 0. The zero-order valence-corrected chi connectivity index (χ0v) is 13.1. The highest BCUT2D eigenvalue weighted by Crippen LogP contribution is 2.16. The number of thioether (sulfide) groups is 1. The summed E-state index contributed by atoms with van der Waals surface area (Å²) in [6.07, 6.45) is 3.76. The van der Waals surface area contributed by atoms with Gasteiger partial charge in [0.2, 0.25) is 0 Å². The van der Waals surface area contributed by atoms with Gasteiger partial charge in [-0.05, 0) is 36.0 Å². The van der Waals surface area contributed by atoms with Gasteiger partial charge in [-0.15, -0.1) is 0 Å². The lowest BCUT2D eigenvalue weighted by molar-refractivity contribution is -0.708. The van der Waals surface area contributed by atoms with Gasteiger partial charge in [0, 0.05) is 5.56 Å². The molecule has 1 aromatic heterocycles. The maximum absolute atomic E-state index is 12.0. The van der Waals surface area contributed by atoms with E-state index in [0.29, 0.717) is 11.3 Å². The lowest BCUT2D eigenvalue weighted by atomic mass is 10.1. The molecule has 0 aliphatic rings. The summed E-state index contributed by atoms with van der Waals surface area (Å²) in [5.41, 5.74) is 0.706. The fraction of sp³-hybridized carbons (Fsp3) is 0.231. The third kappa shape index (κ3) is 4.11.